The molecule has 0 radical (unpaired) electrons. The molecule has 172 valence electrons. The average Bonchev–Trinajstić information content (AvgIpc) is 3.16. The number of para-hydroxylation sites is 1. The number of benzene rings is 2. The van der Waals surface area contributed by atoms with Gasteiger partial charge in [-0.2, -0.15) is 0 Å². The largest absolute Gasteiger partial charge is 0.444 e. The molecule has 1 aliphatic rings. The van der Waals surface area contributed by atoms with E-state index in [1.807, 2.05) is 45.0 Å². The van der Waals surface area contributed by atoms with Gasteiger partial charge in [-0.25, -0.2) is 14.8 Å². The molecule has 1 aromatic heterocycles. The number of aromatic nitrogens is 2. The number of ether oxygens (including phenoxy) is 1. The van der Waals surface area contributed by atoms with E-state index in [1.165, 1.54) is 6.33 Å². The molecule has 2 amide bonds. The summed E-state index contributed by atoms with van der Waals surface area (Å²) in [5, 5.41) is 4.19. The standard InChI is InChI=1S/C24H26BrN5O3/c1-24(2,3)33-23(32)30-11-18(14-6-4-7-15(25)10-14)19(12-30)29-22-17-9-5-8-16(21(26)31)20(17)27-13-28-22/h4-10,13,18-19H,11-12H2,1-3H3,(H2,26,31)(H,27,28,29). The van der Waals surface area contributed by atoms with Gasteiger partial charge in [0.2, 0.25) is 0 Å². The van der Waals surface area contributed by atoms with Crippen LogP contribution >= 0.6 is 15.9 Å². The van der Waals surface area contributed by atoms with Crippen molar-refractivity contribution in [2.75, 3.05) is 18.4 Å². The highest BCUT2D eigenvalue weighted by molar-refractivity contribution is 9.10. The van der Waals surface area contributed by atoms with Gasteiger partial charge in [-0.3, -0.25) is 4.79 Å². The summed E-state index contributed by atoms with van der Waals surface area (Å²) >= 11 is 3.54. The molecule has 1 aliphatic heterocycles. The van der Waals surface area contributed by atoms with Crippen molar-refractivity contribution in [1.82, 2.24) is 14.9 Å². The molecule has 9 heteroatoms. The van der Waals surface area contributed by atoms with Crippen LogP contribution in [0.15, 0.2) is 53.3 Å². The fraction of sp³-hybridized carbons (Fsp3) is 0.333. The summed E-state index contributed by atoms with van der Waals surface area (Å²) in [6, 6.07) is 13.2. The normalized spacial score (nSPS) is 18.4. The molecule has 33 heavy (non-hydrogen) atoms. The van der Waals surface area contributed by atoms with Gasteiger partial charge in [0.15, 0.2) is 0 Å². The highest BCUT2D eigenvalue weighted by atomic mass is 79.9. The van der Waals surface area contributed by atoms with Crippen LogP contribution in [0.3, 0.4) is 0 Å². The van der Waals surface area contributed by atoms with E-state index in [9.17, 15) is 9.59 Å². The van der Waals surface area contributed by atoms with Crippen molar-refractivity contribution in [3.05, 3.63) is 64.4 Å². The number of carbonyl (C=O) groups excluding carboxylic acids is 2. The number of hydrogen-bond donors (Lipinski definition) is 2. The van der Waals surface area contributed by atoms with Crippen LogP contribution in [0, 0.1) is 0 Å². The molecule has 0 saturated carbocycles. The van der Waals surface area contributed by atoms with E-state index in [-0.39, 0.29) is 18.1 Å². The fourth-order valence-electron chi connectivity index (χ4n) is 4.08. The molecule has 1 saturated heterocycles. The minimum absolute atomic E-state index is 0.000596. The van der Waals surface area contributed by atoms with Crippen molar-refractivity contribution in [1.29, 1.82) is 0 Å². The van der Waals surface area contributed by atoms with E-state index in [4.69, 9.17) is 10.5 Å². The SMILES string of the molecule is CC(C)(C)OC(=O)N1CC(Nc2ncnc3c(C(N)=O)cccc23)C(c2cccc(Br)c2)C1. The molecular formula is C24H26BrN5O3. The third kappa shape index (κ3) is 5.08. The van der Waals surface area contributed by atoms with Crippen molar-refractivity contribution in [3.63, 3.8) is 0 Å². The summed E-state index contributed by atoms with van der Waals surface area (Å²) in [6.45, 7) is 6.50. The number of halogens is 1. The molecule has 2 unspecified atom stereocenters. The van der Waals surface area contributed by atoms with E-state index < -0.39 is 11.5 Å². The lowest BCUT2D eigenvalue weighted by atomic mass is 9.94. The van der Waals surface area contributed by atoms with Crippen LogP contribution in [-0.2, 0) is 4.74 Å². The Bertz CT molecular complexity index is 1210. The van der Waals surface area contributed by atoms with Gasteiger partial charge in [-0.1, -0.05) is 34.1 Å². The van der Waals surface area contributed by atoms with Crippen LogP contribution in [0.2, 0.25) is 0 Å². The van der Waals surface area contributed by atoms with Crippen LogP contribution in [0.25, 0.3) is 10.9 Å². The molecule has 0 aliphatic carbocycles. The number of nitrogens with zero attached hydrogens (tertiary/aromatic N) is 3. The summed E-state index contributed by atoms with van der Waals surface area (Å²) < 4.78 is 6.58. The van der Waals surface area contributed by atoms with Gasteiger partial charge >= 0.3 is 6.09 Å². The number of anilines is 1. The van der Waals surface area contributed by atoms with E-state index in [1.54, 1.807) is 17.0 Å². The first-order valence-electron chi connectivity index (χ1n) is 10.7. The van der Waals surface area contributed by atoms with Gasteiger partial charge in [0.25, 0.3) is 5.91 Å². The lowest BCUT2D eigenvalue weighted by Crippen LogP contribution is -2.36. The number of nitrogens with two attached hydrogens (primary N) is 1. The lowest BCUT2D eigenvalue weighted by Gasteiger charge is -2.24. The second kappa shape index (κ2) is 8.97. The van der Waals surface area contributed by atoms with Gasteiger partial charge in [-0.15, -0.1) is 0 Å². The van der Waals surface area contributed by atoms with E-state index >= 15 is 0 Å². The molecule has 3 aromatic rings. The molecular weight excluding hydrogens is 486 g/mol. The number of primary amides is 1. The summed E-state index contributed by atoms with van der Waals surface area (Å²) in [5.41, 5.74) is 6.86. The first kappa shape index (κ1) is 23.0. The number of amides is 2. The zero-order valence-corrected chi connectivity index (χ0v) is 20.3. The van der Waals surface area contributed by atoms with Crippen LogP contribution < -0.4 is 11.1 Å². The van der Waals surface area contributed by atoms with Crippen molar-refractivity contribution in [2.45, 2.75) is 38.3 Å². The fourth-order valence-corrected chi connectivity index (χ4v) is 4.49. The third-order valence-corrected chi connectivity index (χ3v) is 5.99. The van der Waals surface area contributed by atoms with E-state index in [0.717, 1.165) is 10.0 Å². The molecule has 1 fully saturated rings. The third-order valence-electron chi connectivity index (χ3n) is 5.50. The van der Waals surface area contributed by atoms with Crippen LogP contribution in [0.5, 0.6) is 0 Å². The summed E-state index contributed by atoms with van der Waals surface area (Å²) in [4.78, 5) is 35.1. The van der Waals surface area contributed by atoms with Gasteiger partial charge in [0.1, 0.15) is 17.7 Å². The molecule has 0 bridgehead atoms. The second-order valence-corrected chi connectivity index (χ2v) is 10.0. The van der Waals surface area contributed by atoms with Crippen molar-refractivity contribution < 1.29 is 14.3 Å². The summed E-state index contributed by atoms with van der Waals surface area (Å²) in [6.07, 6.45) is 1.06. The maximum absolute atomic E-state index is 12.8. The topological polar surface area (TPSA) is 110 Å². The Kier molecular flexibility index (Phi) is 6.25. The highest BCUT2D eigenvalue weighted by Gasteiger charge is 2.38. The van der Waals surface area contributed by atoms with Gasteiger partial charge in [0, 0.05) is 28.9 Å². The lowest BCUT2D eigenvalue weighted by molar-refractivity contribution is 0.0291. The van der Waals surface area contributed by atoms with Gasteiger partial charge in [0.05, 0.1) is 17.1 Å². The molecule has 2 atom stereocenters. The second-order valence-electron chi connectivity index (χ2n) is 9.09. The van der Waals surface area contributed by atoms with Crippen LogP contribution in [0.4, 0.5) is 10.6 Å². The number of fused-ring (bicyclic) bond motifs is 1. The number of hydrogen-bond acceptors (Lipinski definition) is 6. The molecule has 3 N–H and O–H groups in total. The van der Waals surface area contributed by atoms with Gasteiger partial charge < -0.3 is 20.7 Å². The van der Waals surface area contributed by atoms with Crippen molar-refractivity contribution in [3.8, 4) is 0 Å². The number of carbonyl (C=O) groups is 2. The number of nitrogens with one attached hydrogen (secondary N) is 1. The predicted octanol–water partition coefficient (Wildman–Crippen LogP) is 4.31. The zero-order valence-electron chi connectivity index (χ0n) is 18.7. The number of likely N-dealkylation sites (tertiary alicyclic amines) is 1. The monoisotopic (exact) mass is 511 g/mol. The molecule has 0 spiro atoms. The smallest absolute Gasteiger partial charge is 0.410 e. The van der Waals surface area contributed by atoms with Crippen LogP contribution in [0.1, 0.15) is 42.6 Å². The summed E-state index contributed by atoms with van der Waals surface area (Å²) in [7, 11) is 0. The number of rotatable bonds is 4. The van der Waals surface area contributed by atoms with Gasteiger partial charge in [-0.05, 0) is 50.6 Å². The molecule has 2 aromatic carbocycles. The van der Waals surface area contributed by atoms with E-state index in [0.29, 0.717) is 35.4 Å². The maximum atomic E-state index is 12.8. The average molecular weight is 512 g/mol. The Balaban J connectivity index is 1.69. The predicted molar refractivity (Wildman–Crippen MR) is 130 cm³/mol. The van der Waals surface area contributed by atoms with E-state index in [2.05, 4.69) is 37.3 Å². The van der Waals surface area contributed by atoms with Crippen molar-refractivity contribution >= 4 is 44.7 Å². The van der Waals surface area contributed by atoms with Crippen LogP contribution in [-0.4, -0.2) is 51.6 Å². The Morgan fingerprint density at radius 3 is 2.61 bits per heavy atom. The van der Waals surface area contributed by atoms with Crippen molar-refractivity contribution in [2.24, 2.45) is 5.73 Å². The Morgan fingerprint density at radius 2 is 1.91 bits per heavy atom. The Morgan fingerprint density at radius 1 is 1.15 bits per heavy atom. The highest BCUT2D eigenvalue weighted by Crippen LogP contribution is 2.33. The maximum Gasteiger partial charge on any atom is 0.410 e. The molecule has 8 nitrogen and oxygen atoms in total. The quantitative estimate of drug-likeness (QED) is 0.539. The minimum atomic E-state index is -0.581. The molecule has 2 heterocycles. The first-order valence-corrected chi connectivity index (χ1v) is 11.4. The zero-order chi connectivity index (χ0) is 23.8. The molecule has 4 rings (SSSR count). The summed E-state index contributed by atoms with van der Waals surface area (Å²) in [5.74, 6) is 0.0349. The first-order chi connectivity index (χ1) is 15.6. The Labute approximate surface area is 200 Å². The minimum Gasteiger partial charge on any atom is -0.444 e. The Hall–Kier alpha value is -3.20.